The van der Waals surface area contributed by atoms with Crippen LogP contribution in [0.2, 0.25) is 0 Å². The van der Waals surface area contributed by atoms with Crippen LogP contribution in [0.3, 0.4) is 0 Å². The Bertz CT molecular complexity index is 1090. The minimum Gasteiger partial charge on any atom is -0.508 e. The van der Waals surface area contributed by atoms with E-state index in [9.17, 15) is 29.1 Å². The van der Waals surface area contributed by atoms with Crippen LogP contribution < -0.4 is 4.74 Å². The number of carbonyl (C=O) groups is 5. The number of carboxylic acids is 2. The zero-order chi connectivity index (χ0) is 26.7. The second-order valence-electron chi connectivity index (χ2n) is 7.18. The highest BCUT2D eigenvalue weighted by Gasteiger charge is 2.13. The molecule has 0 radical (unpaired) electrons. The molecule has 10 heteroatoms. The number of aromatic hydroxyl groups is 1. The van der Waals surface area contributed by atoms with Crippen molar-refractivity contribution in [2.75, 3.05) is 0 Å². The Morgan fingerprint density at radius 2 is 1.06 bits per heavy atom. The zero-order valence-electron chi connectivity index (χ0n) is 20.0. The second kappa shape index (κ2) is 13.4. The summed E-state index contributed by atoms with van der Waals surface area (Å²) in [5, 5.41) is 26.9. The van der Waals surface area contributed by atoms with Crippen molar-refractivity contribution in [2.24, 2.45) is 0 Å². The first-order valence-electron chi connectivity index (χ1n) is 9.82. The largest absolute Gasteiger partial charge is 0.508 e. The van der Waals surface area contributed by atoms with Gasteiger partial charge in [-0.1, -0.05) is 0 Å². The van der Waals surface area contributed by atoms with Crippen LogP contribution in [0.4, 0.5) is 0 Å². The first-order chi connectivity index (χ1) is 15.6. The molecule has 0 unspecified atom stereocenters. The van der Waals surface area contributed by atoms with E-state index in [1.165, 1.54) is 26.8 Å². The third-order valence-electron chi connectivity index (χ3n) is 4.03. The molecule has 0 aliphatic carbocycles. The SMILES string of the molecule is CC(=O)OC(C)=O.CC(=O)Oc1cc(C)cc(C(=O)O)c1C.Cc1cc(O)c(C)c(C(=O)O)c1. The third kappa shape index (κ3) is 10.4. The summed E-state index contributed by atoms with van der Waals surface area (Å²) in [4.78, 5) is 51.9. The van der Waals surface area contributed by atoms with Crippen LogP contribution in [0.25, 0.3) is 0 Å². The fraction of sp³-hybridized carbons (Fsp3) is 0.292. The number of esters is 3. The Kier molecular flexibility index (Phi) is 11.7. The molecule has 0 atom stereocenters. The van der Waals surface area contributed by atoms with Crippen LogP contribution in [0.1, 0.15) is 63.7 Å². The number of phenols is 1. The van der Waals surface area contributed by atoms with Crippen LogP contribution >= 0.6 is 0 Å². The summed E-state index contributed by atoms with van der Waals surface area (Å²) in [6, 6.07) is 6.27. The summed E-state index contributed by atoms with van der Waals surface area (Å²) in [5.41, 5.74) is 2.68. The first kappa shape index (κ1) is 29.8. The monoisotopic (exact) mass is 476 g/mol. The number of benzene rings is 2. The summed E-state index contributed by atoms with van der Waals surface area (Å²) in [7, 11) is 0. The molecular weight excluding hydrogens is 448 g/mol. The molecule has 2 aromatic rings. The quantitative estimate of drug-likeness (QED) is 0.338. The molecular formula is C24H28O10. The predicted octanol–water partition coefficient (Wildman–Crippen LogP) is 3.73. The van der Waals surface area contributed by atoms with Gasteiger partial charge in [0, 0.05) is 31.9 Å². The number of phenolic OH excluding ortho intramolecular Hbond substituents is 1. The molecule has 0 saturated carbocycles. The highest BCUT2D eigenvalue weighted by molar-refractivity contribution is 5.91. The maximum Gasteiger partial charge on any atom is 0.336 e. The molecule has 2 rings (SSSR count). The molecule has 3 N–H and O–H groups in total. The van der Waals surface area contributed by atoms with E-state index in [4.69, 9.17) is 14.9 Å². The minimum absolute atomic E-state index is 0.0346. The third-order valence-corrected chi connectivity index (χ3v) is 4.03. The maximum atomic E-state index is 10.9. The number of rotatable bonds is 3. The fourth-order valence-corrected chi connectivity index (χ4v) is 2.57. The lowest BCUT2D eigenvalue weighted by Crippen LogP contribution is -2.07. The molecule has 0 fully saturated rings. The van der Waals surface area contributed by atoms with Gasteiger partial charge in [-0.2, -0.15) is 0 Å². The van der Waals surface area contributed by atoms with Gasteiger partial charge in [0.05, 0.1) is 11.1 Å². The normalized spacial score (nSPS) is 9.38. The molecule has 0 heterocycles. The van der Waals surface area contributed by atoms with Gasteiger partial charge in [-0.25, -0.2) is 9.59 Å². The number of hydrogen-bond acceptors (Lipinski definition) is 8. The Hall–Kier alpha value is -4.21. The molecule has 0 saturated heterocycles. The van der Waals surface area contributed by atoms with E-state index in [1.807, 2.05) is 0 Å². The number of carboxylic acid groups (broad SMARTS) is 2. The van der Waals surface area contributed by atoms with E-state index in [1.54, 1.807) is 45.9 Å². The van der Waals surface area contributed by atoms with Crippen molar-refractivity contribution < 1.29 is 48.8 Å². The summed E-state index contributed by atoms with van der Waals surface area (Å²) in [6.45, 7) is 10.3. The van der Waals surface area contributed by atoms with E-state index < -0.39 is 29.8 Å². The summed E-state index contributed by atoms with van der Waals surface area (Å²) in [6.07, 6.45) is 0. The van der Waals surface area contributed by atoms with E-state index in [0.717, 1.165) is 11.1 Å². The van der Waals surface area contributed by atoms with Gasteiger partial charge in [-0.3, -0.25) is 14.4 Å². The molecule has 2 aromatic carbocycles. The van der Waals surface area contributed by atoms with Gasteiger partial charge in [-0.05, 0) is 63.1 Å². The molecule has 0 bridgehead atoms. The van der Waals surface area contributed by atoms with Gasteiger partial charge in [0.15, 0.2) is 0 Å². The van der Waals surface area contributed by atoms with E-state index in [2.05, 4.69) is 4.74 Å². The average Bonchev–Trinajstić information content (AvgIpc) is 2.66. The van der Waals surface area contributed by atoms with Crippen LogP contribution in [0, 0.1) is 27.7 Å². The smallest absolute Gasteiger partial charge is 0.336 e. The molecule has 184 valence electrons. The maximum absolute atomic E-state index is 10.9. The van der Waals surface area contributed by atoms with Gasteiger partial charge in [0.2, 0.25) is 0 Å². The minimum atomic E-state index is -1.02. The predicted molar refractivity (Wildman–Crippen MR) is 121 cm³/mol. The lowest BCUT2D eigenvalue weighted by molar-refractivity contribution is -0.156. The van der Waals surface area contributed by atoms with Gasteiger partial charge in [0.1, 0.15) is 11.5 Å². The van der Waals surface area contributed by atoms with Crippen molar-refractivity contribution in [1.82, 2.24) is 0 Å². The summed E-state index contributed by atoms with van der Waals surface area (Å²) < 4.78 is 8.89. The number of aromatic carboxylic acids is 2. The van der Waals surface area contributed by atoms with Crippen LogP contribution in [-0.4, -0.2) is 45.2 Å². The molecule has 0 aliphatic heterocycles. The molecule has 0 aromatic heterocycles. The van der Waals surface area contributed by atoms with Gasteiger partial charge < -0.3 is 24.8 Å². The highest BCUT2D eigenvalue weighted by atomic mass is 16.6. The zero-order valence-corrected chi connectivity index (χ0v) is 20.0. The van der Waals surface area contributed by atoms with Crippen molar-refractivity contribution in [3.05, 3.63) is 57.6 Å². The summed E-state index contributed by atoms with van der Waals surface area (Å²) in [5.74, 6) is -3.27. The molecule has 0 aliphatic rings. The van der Waals surface area contributed by atoms with Crippen molar-refractivity contribution in [3.63, 3.8) is 0 Å². The molecule has 34 heavy (non-hydrogen) atoms. The number of hydrogen-bond donors (Lipinski definition) is 3. The van der Waals surface area contributed by atoms with Crippen molar-refractivity contribution in [2.45, 2.75) is 48.5 Å². The standard InChI is InChI=1S/C11H12O4.C9H10O3.C4H6O3/c1-6-4-9(11(13)14)7(2)10(5-6)15-8(3)12;1-5-3-7(9(11)12)6(2)8(10)4-5;1-3(5)7-4(2)6/h4-5H,1-3H3,(H,13,14);3-4,10H,1-2H3,(H,11,12);1-2H3. The average molecular weight is 476 g/mol. The lowest BCUT2D eigenvalue weighted by Gasteiger charge is -2.09. The van der Waals surface area contributed by atoms with Gasteiger partial charge >= 0.3 is 29.8 Å². The Morgan fingerprint density at radius 3 is 1.41 bits per heavy atom. The number of carbonyl (C=O) groups excluding carboxylic acids is 3. The Balaban J connectivity index is 0.000000514. The van der Waals surface area contributed by atoms with E-state index in [0.29, 0.717) is 16.9 Å². The number of ether oxygens (including phenoxy) is 2. The molecule has 0 spiro atoms. The number of aryl methyl sites for hydroxylation is 2. The van der Waals surface area contributed by atoms with Crippen molar-refractivity contribution in [3.8, 4) is 11.5 Å². The fourth-order valence-electron chi connectivity index (χ4n) is 2.57. The summed E-state index contributed by atoms with van der Waals surface area (Å²) >= 11 is 0. The van der Waals surface area contributed by atoms with Gasteiger partial charge in [-0.15, -0.1) is 0 Å². The van der Waals surface area contributed by atoms with Crippen LogP contribution in [0.15, 0.2) is 24.3 Å². The molecule has 0 amide bonds. The topological polar surface area (TPSA) is 164 Å². The lowest BCUT2D eigenvalue weighted by atomic mass is 10.0. The van der Waals surface area contributed by atoms with Crippen molar-refractivity contribution in [1.29, 1.82) is 0 Å². The van der Waals surface area contributed by atoms with Crippen LogP contribution in [-0.2, 0) is 19.1 Å². The molecule has 10 nitrogen and oxygen atoms in total. The Morgan fingerprint density at radius 1 is 0.647 bits per heavy atom. The Labute approximate surface area is 196 Å². The highest BCUT2D eigenvalue weighted by Crippen LogP contribution is 2.24. The van der Waals surface area contributed by atoms with E-state index in [-0.39, 0.29) is 16.9 Å². The van der Waals surface area contributed by atoms with Crippen molar-refractivity contribution >= 4 is 29.8 Å². The van der Waals surface area contributed by atoms with E-state index >= 15 is 0 Å². The van der Waals surface area contributed by atoms with Gasteiger partial charge in [0.25, 0.3) is 0 Å². The van der Waals surface area contributed by atoms with Crippen LogP contribution in [0.5, 0.6) is 11.5 Å². The first-order valence-corrected chi connectivity index (χ1v) is 9.82. The second-order valence-corrected chi connectivity index (χ2v) is 7.18.